The molecule has 1 aromatic carbocycles. The minimum Gasteiger partial charge on any atom is -0.491 e. The molecule has 1 fully saturated rings. The summed E-state index contributed by atoms with van der Waals surface area (Å²) in [6.07, 6.45) is 0. The van der Waals surface area contributed by atoms with Gasteiger partial charge in [-0.05, 0) is 19.1 Å². The number of rotatable bonds is 3. The highest BCUT2D eigenvalue weighted by Crippen LogP contribution is 2.37. The van der Waals surface area contributed by atoms with E-state index in [1.54, 1.807) is 11.0 Å². The molecule has 2 N–H and O–H groups in total. The Kier molecular flexibility index (Phi) is 3.99. The highest BCUT2D eigenvalue weighted by atomic mass is 16.5. The fraction of sp³-hybridized carbons (Fsp3) is 0.500. The van der Waals surface area contributed by atoms with Gasteiger partial charge in [0.2, 0.25) is 5.91 Å². The van der Waals surface area contributed by atoms with Gasteiger partial charge in [-0.25, -0.2) is 4.79 Å². The van der Waals surface area contributed by atoms with Gasteiger partial charge in [-0.1, -0.05) is 6.07 Å². The van der Waals surface area contributed by atoms with Crippen molar-refractivity contribution in [2.75, 3.05) is 33.0 Å². The van der Waals surface area contributed by atoms with Crippen molar-refractivity contribution in [3.63, 3.8) is 0 Å². The molecule has 1 unspecified atom stereocenters. The predicted octanol–water partition coefficient (Wildman–Crippen LogP) is 0.676. The molecule has 3 rings (SSSR count). The van der Waals surface area contributed by atoms with E-state index in [1.165, 1.54) is 12.1 Å². The lowest BCUT2D eigenvalue weighted by molar-refractivity contribution is -0.182. The first-order valence-electron chi connectivity index (χ1n) is 7.48. The zero-order chi connectivity index (χ0) is 16.6. The maximum atomic E-state index is 12.8. The van der Waals surface area contributed by atoms with Crippen LogP contribution in [0.5, 0.6) is 5.75 Å². The maximum Gasteiger partial charge on any atom is 0.335 e. The van der Waals surface area contributed by atoms with E-state index in [-0.39, 0.29) is 43.9 Å². The van der Waals surface area contributed by atoms with E-state index in [0.717, 1.165) is 5.56 Å². The van der Waals surface area contributed by atoms with E-state index in [0.29, 0.717) is 12.3 Å². The van der Waals surface area contributed by atoms with Gasteiger partial charge in [0.05, 0.1) is 38.0 Å². The number of carboxylic acids is 1. The molecule has 1 saturated heterocycles. The number of nitrogens with zero attached hydrogens (tertiary/aromatic N) is 1. The van der Waals surface area contributed by atoms with Crippen LogP contribution in [0.4, 0.5) is 0 Å². The summed E-state index contributed by atoms with van der Waals surface area (Å²) in [6.45, 7) is 2.71. The minimum absolute atomic E-state index is 0.148. The Morgan fingerprint density at radius 3 is 2.70 bits per heavy atom. The molecule has 1 atom stereocenters. The maximum absolute atomic E-state index is 12.8. The molecule has 0 aliphatic carbocycles. The second-order valence-electron chi connectivity index (χ2n) is 6.01. The topological polar surface area (TPSA) is 96.3 Å². The second-order valence-corrected chi connectivity index (χ2v) is 6.01. The minimum atomic E-state index is -1.02. The summed E-state index contributed by atoms with van der Waals surface area (Å²) in [4.78, 5) is 25.6. The van der Waals surface area contributed by atoms with E-state index in [4.69, 9.17) is 14.6 Å². The smallest absolute Gasteiger partial charge is 0.335 e. The van der Waals surface area contributed by atoms with Crippen LogP contribution in [0.2, 0.25) is 0 Å². The Balaban J connectivity index is 1.91. The molecular weight excluding hydrogens is 302 g/mol. The van der Waals surface area contributed by atoms with Crippen molar-refractivity contribution in [2.24, 2.45) is 5.41 Å². The van der Waals surface area contributed by atoms with Gasteiger partial charge in [-0.15, -0.1) is 0 Å². The van der Waals surface area contributed by atoms with Crippen LogP contribution in [0.15, 0.2) is 18.2 Å². The number of aliphatic hydroxyl groups is 1. The van der Waals surface area contributed by atoms with E-state index in [9.17, 15) is 14.7 Å². The number of aliphatic hydroxyl groups excluding tert-OH is 1. The predicted molar refractivity (Wildman–Crippen MR) is 79.4 cm³/mol. The zero-order valence-electron chi connectivity index (χ0n) is 12.8. The molecule has 23 heavy (non-hydrogen) atoms. The molecule has 0 radical (unpaired) electrons. The third-order valence-corrected chi connectivity index (χ3v) is 4.54. The third kappa shape index (κ3) is 2.55. The van der Waals surface area contributed by atoms with Crippen LogP contribution in [0.1, 0.15) is 28.9 Å². The second kappa shape index (κ2) is 5.82. The quantitative estimate of drug-likeness (QED) is 0.850. The average Bonchev–Trinajstić information content (AvgIpc) is 2.65. The van der Waals surface area contributed by atoms with Crippen molar-refractivity contribution in [1.29, 1.82) is 0 Å². The number of carbonyl (C=O) groups excluding carboxylic acids is 1. The Morgan fingerprint density at radius 2 is 2.13 bits per heavy atom. The van der Waals surface area contributed by atoms with Crippen molar-refractivity contribution in [3.05, 3.63) is 29.3 Å². The van der Waals surface area contributed by atoms with Crippen LogP contribution in [0.25, 0.3) is 0 Å². The van der Waals surface area contributed by atoms with Crippen molar-refractivity contribution < 1.29 is 29.3 Å². The highest BCUT2D eigenvalue weighted by molar-refractivity contribution is 5.88. The Labute approximate surface area is 133 Å². The lowest BCUT2D eigenvalue weighted by Gasteiger charge is -2.43. The summed E-state index contributed by atoms with van der Waals surface area (Å²) in [5, 5.41) is 18.6. The molecule has 1 aromatic rings. The zero-order valence-corrected chi connectivity index (χ0v) is 12.8. The van der Waals surface area contributed by atoms with Gasteiger partial charge in [0.25, 0.3) is 0 Å². The van der Waals surface area contributed by atoms with Gasteiger partial charge in [-0.2, -0.15) is 0 Å². The summed E-state index contributed by atoms with van der Waals surface area (Å²) in [7, 11) is 0. The number of carboxylic acid groups (broad SMARTS) is 1. The monoisotopic (exact) mass is 321 g/mol. The van der Waals surface area contributed by atoms with Gasteiger partial charge in [0, 0.05) is 5.56 Å². The number of ether oxygens (including phenoxy) is 2. The van der Waals surface area contributed by atoms with Gasteiger partial charge < -0.3 is 24.6 Å². The number of aromatic carboxylic acids is 1. The molecule has 0 spiro atoms. The van der Waals surface area contributed by atoms with Crippen LogP contribution in [0, 0.1) is 5.41 Å². The molecule has 7 nitrogen and oxygen atoms in total. The van der Waals surface area contributed by atoms with Crippen LogP contribution < -0.4 is 4.74 Å². The summed E-state index contributed by atoms with van der Waals surface area (Å²) in [6, 6.07) is 4.39. The number of benzene rings is 1. The lowest BCUT2D eigenvalue weighted by Crippen LogP contribution is -2.58. The molecule has 1 amide bonds. The molecule has 2 heterocycles. The lowest BCUT2D eigenvalue weighted by atomic mass is 9.84. The SMILES string of the molecule is CC1c2ccc(C(=O)O)cc2OCCN1C(=O)C1(CO)COC1. The van der Waals surface area contributed by atoms with Crippen molar-refractivity contribution in [1.82, 2.24) is 4.90 Å². The van der Waals surface area contributed by atoms with E-state index in [2.05, 4.69) is 0 Å². The molecule has 0 aromatic heterocycles. The third-order valence-electron chi connectivity index (χ3n) is 4.54. The highest BCUT2D eigenvalue weighted by Gasteiger charge is 2.49. The van der Waals surface area contributed by atoms with Gasteiger partial charge in [0.15, 0.2) is 0 Å². The van der Waals surface area contributed by atoms with Crippen LogP contribution >= 0.6 is 0 Å². The molecule has 124 valence electrons. The van der Waals surface area contributed by atoms with Gasteiger partial charge >= 0.3 is 5.97 Å². The fourth-order valence-corrected chi connectivity index (χ4v) is 2.97. The van der Waals surface area contributed by atoms with E-state index in [1.807, 2.05) is 6.92 Å². The number of fused-ring (bicyclic) bond motifs is 1. The van der Waals surface area contributed by atoms with Crippen molar-refractivity contribution >= 4 is 11.9 Å². The normalized spacial score (nSPS) is 22.3. The van der Waals surface area contributed by atoms with Crippen molar-refractivity contribution in [3.8, 4) is 5.75 Å². The molecule has 0 saturated carbocycles. The number of hydrogen-bond acceptors (Lipinski definition) is 5. The summed E-state index contributed by atoms with van der Waals surface area (Å²) >= 11 is 0. The van der Waals surface area contributed by atoms with E-state index >= 15 is 0 Å². The van der Waals surface area contributed by atoms with E-state index < -0.39 is 11.4 Å². The summed E-state index contributed by atoms with van der Waals surface area (Å²) < 4.78 is 10.8. The Bertz CT molecular complexity index is 634. The summed E-state index contributed by atoms with van der Waals surface area (Å²) in [5.41, 5.74) is 0.0453. The van der Waals surface area contributed by atoms with Crippen LogP contribution in [-0.2, 0) is 9.53 Å². The van der Waals surface area contributed by atoms with Crippen LogP contribution in [0.3, 0.4) is 0 Å². The molecule has 0 bridgehead atoms. The molecule has 7 heteroatoms. The largest absolute Gasteiger partial charge is 0.491 e. The number of carbonyl (C=O) groups is 2. The van der Waals surface area contributed by atoms with Crippen molar-refractivity contribution in [2.45, 2.75) is 13.0 Å². The Morgan fingerprint density at radius 1 is 1.39 bits per heavy atom. The van der Waals surface area contributed by atoms with Gasteiger partial charge in [0.1, 0.15) is 17.8 Å². The Hall–Kier alpha value is -2.12. The number of hydrogen-bond donors (Lipinski definition) is 2. The first kappa shape index (κ1) is 15.8. The molecule has 2 aliphatic heterocycles. The average molecular weight is 321 g/mol. The standard InChI is InChI=1S/C16H19NO6/c1-10-12-3-2-11(14(19)20)6-13(12)23-5-4-17(10)15(21)16(7-18)8-22-9-16/h2-3,6,10,18H,4-5,7-9H2,1H3,(H,19,20). The van der Waals surface area contributed by atoms with Crippen LogP contribution in [-0.4, -0.2) is 60.0 Å². The first-order valence-corrected chi connectivity index (χ1v) is 7.48. The molecule has 2 aliphatic rings. The van der Waals surface area contributed by atoms with Gasteiger partial charge in [-0.3, -0.25) is 4.79 Å². The fourth-order valence-electron chi connectivity index (χ4n) is 2.97. The first-order chi connectivity index (χ1) is 11.0. The molecular formula is C16H19NO6. The summed E-state index contributed by atoms with van der Waals surface area (Å²) in [5.74, 6) is -0.694. The number of amides is 1.